The number of aromatic nitrogens is 1. The predicted molar refractivity (Wildman–Crippen MR) is 119 cm³/mol. The van der Waals surface area contributed by atoms with Crippen LogP contribution in [0, 0.1) is 17.2 Å². The number of rotatable bonds is 4. The highest BCUT2D eigenvalue weighted by Gasteiger charge is 2.34. The van der Waals surface area contributed by atoms with Crippen molar-refractivity contribution in [1.29, 1.82) is 5.26 Å². The van der Waals surface area contributed by atoms with Crippen molar-refractivity contribution in [1.82, 2.24) is 15.6 Å². The van der Waals surface area contributed by atoms with Crippen molar-refractivity contribution in [3.8, 4) is 6.07 Å². The van der Waals surface area contributed by atoms with Crippen molar-refractivity contribution in [2.24, 2.45) is 5.92 Å². The zero-order valence-electron chi connectivity index (χ0n) is 17.4. The molecular weight excluding hydrogens is 421 g/mol. The van der Waals surface area contributed by atoms with Gasteiger partial charge in [-0.1, -0.05) is 0 Å². The SMILES string of the molecule is C[C@@H]1CN(c2ccc(C#N)c3ncccc23)C[C@H](C(=O)NC2CNCCC2CF)O1.Cl. The van der Waals surface area contributed by atoms with Gasteiger partial charge in [-0.15, -0.1) is 12.4 Å². The molecule has 0 aliphatic carbocycles. The molecule has 7 nitrogen and oxygen atoms in total. The van der Waals surface area contributed by atoms with Gasteiger partial charge in [-0.2, -0.15) is 5.26 Å². The first-order valence-electron chi connectivity index (χ1n) is 10.4. The number of hydrogen-bond donors (Lipinski definition) is 2. The molecular formula is C22H27ClFN5O2. The Morgan fingerprint density at radius 3 is 3.03 bits per heavy atom. The molecule has 0 saturated carbocycles. The molecule has 31 heavy (non-hydrogen) atoms. The number of nitriles is 1. The van der Waals surface area contributed by atoms with Crippen molar-refractivity contribution in [3.05, 3.63) is 36.0 Å². The normalized spacial score (nSPS) is 26.0. The summed E-state index contributed by atoms with van der Waals surface area (Å²) in [5.41, 5.74) is 2.09. The highest BCUT2D eigenvalue weighted by Crippen LogP contribution is 2.30. The number of anilines is 1. The summed E-state index contributed by atoms with van der Waals surface area (Å²) in [6.45, 7) is 3.84. The molecule has 3 heterocycles. The lowest BCUT2D eigenvalue weighted by Gasteiger charge is -2.39. The van der Waals surface area contributed by atoms with Gasteiger partial charge < -0.3 is 20.3 Å². The third-order valence-corrected chi connectivity index (χ3v) is 5.91. The maximum absolute atomic E-state index is 13.3. The van der Waals surface area contributed by atoms with Crippen molar-refractivity contribution in [3.63, 3.8) is 0 Å². The van der Waals surface area contributed by atoms with Gasteiger partial charge in [-0.3, -0.25) is 14.2 Å². The number of morpholine rings is 1. The topological polar surface area (TPSA) is 90.3 Å². The van der Waals surface area contributed by atoms with Gasteiger partial charge in [0.25, 0.3) is 5.91 Å². The van der Waals surface area contributed by atoms with E-state index in [0.29, 0.717) is 37.1 Å². The van der Waals surface area contributed by atoms with Crippen LogP contribution in [-0.2, 0) is 9.53 Å². The second kappa shape index (κ2) is 10.2. The first-order valence-corrected chi connectivity index (χ1v) is 10.4. The van der Waals surface area contributed by atoms with Gasteiger partial charge in [-0.05, 0) is 44.2 Å². The van der Waals surface area contributed by atoms with E-state index < -0.39 is 12.8 Å². The molecule has 4 rings (SSSR count). The molecule has 2 aromatic rings. The number of hydrogen-bond acceptors (Lipinski definition) is 6. The number of carbonyl (C=O) groups is 1. The molecule has 9 heteroatoms. The van der Waals surface area contributed by atoms with Gasteiger partial charge >= 0.3 is 0 Å². The van der Waals surface area contributed by atoms with Crippen LogP contribution < -0.4 is 15.5 Å². The van der Waals surface area contributed by atoms with E-state index in [0.717, 1.165) is 17.6 Å². The Morgan fingerprint density at radius 2 is 2.26 bits per heavy atom. The summed E-state index contributed by atoms with van der Waals surface area (Å²) in [5.74, 6) is -0.379. The van der Waals surface area contributed by atoms with Crippen molar-refractivity contribution in [2.45, 2.75) is 31.6 Å². The number of pyridine rings is 1. The molecule has 0 bridgehead atoms. The lowest BCUT2D eigenvalue weighted by molar-refractivity contribution is -0.138. The maximum Gasteiger partial charge on any atom is 0.251 e. The number of amides is 1. The molecule has 0 spiro atoms. The number of nitrogens with zero attached hydrogens (tertiary/aromatic N) is 3. The van der Waals surface area contributed by atoms with E-state index in [1.807, 2.05) is 25.1 Å². The molecule has 2 aliphatic rings. The van der Waals surface area contributed by atoms with E-state index in [1.165, 1.54) is 0 Å². The predicted octanol–water partition coefficient (Wildman–Crippen LogP) is 2.19. The van der Waals surface area contributed by atoms with Gasteiger partial charge in [0.1, 0.15) is 6.07 Å². The number of carbonyl (C=O) groups excluding carboxylic acids is 1. The van der Waals surface area contributed by atoms with Crippen LogP contribution in [0.15, 0.2) is 30.5 Å². The van der Waals surface area contributed by atoms with E-state index in [1.54, 1.807) is 12.3 Å². The van der Waals surface area contributed by atoms with Gasteiger partial charge in [0.2, 0.25) is 0 Å². The van der Waals surface area contributed by atoms with Crippen LogP contribution in [0.3, 0.4) is 0 Å². The fourth-order valence-corrected chi connectivity index (χ4v) is 4.36. The minimum atomic E-state index is -0.654. The fraction of sp³-hybridized carbons (Fsp3) is 0.500. The second-order valence-corrected chi connectivity index (χ2v) is 8.01. The van der Waals surface area contributed by atoms with Crippen LogP contribution in [0.25, 0.3) is 10.9 Å². The molecule has 2 unspecified atom stereocenters. The molecule has 2 aliphatic heterocycles. The Morgan fingerprint density at radius 1 is 1.42 bits per heavy atom. The van der Waals surface area contributed by atoms with Gasteiger partial charge in [0, 0.05) is 42.3 Å². The third kappa shape index (κ3) is 4.90. The minimum absolute atomic E-state index is 0. The summed E-state index contributed by atoms with van der Waals surface area (Å²) >= 11 is 0. The number of ether oxygens (including phenoxy) is 1. The van der Waals surface area contributed by atoms with Crippen LogP contribution in [0.2, 0.25) is 0 Å². The quantitative estimate of drug-likeness (QED) is 0.746. The molecule has 0 radical (unpaired) electrons. The lowest BCUT2D eigenvalue weighted by Crippen LogP contribution is -2.58. The number of halogens is 2. The molecule has 166 valence electrons. The maximum atomic E-state index is 13.3. The van der Waals surface area contributed by atoms with E-state index >= 15 is 0 Å². The standard InChI is InChI=1S/C22H26FN5O2.ClH/c1-14-12-28(19-5-4-16(10-24)21-17(19)3-2-7-26-21)13-20(30-14)22(29)27-18-11-25-8-6-15(18)9-23;/h2-5,7,14-15,18,20,25H,6,8-9,11-13H2,1H3,(H,27,29);1H/t14-,15?,18?,20-;/m1./s1. The highest BCUT2D eigenvalue weighted by molar-refractivity contribution is 5.95. The molecule has 1 aromatic heterocycles. The summed E-state index contributed by atoms with van der Waals surface area (Å²) in [6.07, 6.45) is 1.57. The van der Waals surface area contributed by atoms with E-state index in [2.05, 4.69) is 26.6 Å². The number of alkyl halides is 1. The average molecular weight is 448 g/mol. The Hall–Kier alpha value is -2.47. The molecule has 4 atom stereocenters. The molecule has 2 saturated heterocycles. The summed E-state index contributed by atoms with van der Waals surface area (Å²) < 4.78 is 19.3. The first-order chi connectivity index (χ1) is 14.6. The van der Waals surface area contributed by atoms with Crippen molar-refractivity contribution < 1.29 is 13.9 Å². The van der Waals surface area contributed by atoms with Crippen LogP contribution in [-0.4, -0.2) is 62.0 Å². The average Bonchev–Trinajstić information content (AvgIpc) is 2.78. The zero-order chi connectivity index (χ0) is 21.1. The molecule has 1 aromatic carbocycles. The van der Waals surface area contributed by atoms with E-state index in [9.17, 15) is 14.4 Å². The third-order valence-electron chi connectivity index (χ3n) is 5.91. The smallest absolute Gasteiger partial charge is 0.251 e. The number of benzene rings is 1. The summed E-state index contributed by atoms with van der Waals surface area (Å²) in [5, 5.41) is 16.5. The summed E-state index contributed by atoms with van der Waals surface area (Å²) in [7, 11) is 0. The highest BCUT2D eigenvalue weighted by atomic mass is 35.5. The Bertz CT molecular complexity index is 969. The summed E-state index contributed by atoms with van der Waals surface area (Å²) in [6, 6.07) is 9.40. The van der Waals surface area contributed by atoms with Gasteiger partial charge in [0.15, 0.2) is 6.10 Å². The summed E-state index contributed by atoms with van der Waals surface area (Å²) in [4.78, 5) is 19.4. The van der Waals surface area contributed by atoms with Gasteiger partial charge in [0.05, 0.1) is 30.4 Å². The second-order valence-electron chi connectivity index (χ2n) is 8.01. The number of nitrogens with one attached hydrogen (secondary N) is 2. The van der Waals surface area contributed by atoms with E-state index in [-0.39, 0.29) is 36.4 Å². The molecule has 1 amide bonds. The zero-order valence-corrected chi connectivity index (χ0v) is 18.2. The Labute approximate surface area is 187 Å². The largest absolute Gasteiger partial charge is 0.365 e. The molecule has 2 N–H and O–H groups in total. The van der Waals surface area contributed by atoms with Crippen LogP contribution in [0.4, 0.5) is 10.1 Å². The van der Waals surface area contributed by atoms with Crippen molar-refractivity contribution >= 4 is 34.9 Å². The fourth-order valence-electron chi connectivity index (χ4n) is 4.36. The Kier molecular flexibility index (Phi) is 7.65. The molecule has 2 fully saturated rings. The van der Waals surface area contributed by atoms with Crippen LogP contribution in [0.5, 0.6) is 0 Å². The van der Waals surface area contributed by atoms with Crippen LogP contribution >= 0.6 is 12.4 Å². The Balaban J connectivity index is 0.00000272. The number of fused-ring (bicyclic) bond motifs is 1. The van der Waals surface area contributed by atoms with Crippen molar-refractivity contribution in [2.75, 3.05) is 37.8 Å². The lowest BCUT2D eigenvalue weighted by atomic mass is 9.94. The minimum Gasteiger partial charge on any atom is -0.365 e. The van der Waals surface area contributed by atoms with E-state index in [4.69, 9.17) is 4.74 Å². The number of piperidine rings is 1. The van der Waals surface area contributed by atoms with Crippen LogP contribution in [0.1, 0.15) is 18.9 Å². The first kappa shape index (κ1) is 23.2. The van der Waals surface area contributed by atoms with Gasteiger partial charge in [-0.25, -0.2) is 0 Å². The monoisotopic (exact) mass is 447 g/mol.